The first-order valence-corrected chi connectivity index (χ1v) is 9.66. The number of hydrogen-bond acceptors (Lipinski definition) is 5. The molecule has 0 aliphatic carbocycles. The number of nitrogens with zero attached hydrogens (tertiary/aromatic N) is 2. The summed E-state index contributed by atoms with van der Waals surface area (Å²) in [6, 6.07) is 9.99. The third kappa shape index (κ3) is 2.94. The summed E-state index contributed by atoms with van der Waals surface area (Å²) in [5.41, 5.74) is 7.34. The number of methoxy groups -OCH3 is 1. The molecule has 144 valence electrons. The molecule has 0 saturated carbocycles. The number of halogens is 1. The maximum atomic E-state index is 13.4. The maximum Gasteiger partial charge on any atom is 0.325 e. The Hall–Kier alpha value is -2.84. The number of thiophene rings is 1. The van der Waals surface area contributed by atoms with Crippen molar-refractivity contribution in [3.63, 3.8) is 0 Å². The lowest BCUT2D eigenvalue weighted by Gasteiger charge is -2.34. The first-order chi connectivity index (χ1) is 13.4. The molecule has 28 heavy (non-hydrogen) atoms. The number of ether oxygens (including phenoxy) is 1. The number of anilines is 1. The monoisotopic (exact) mass is 417 g/mol. The van der Waals surface area contributed by atoms with Gasteiger partial charge in [-0.05, 0) is 23.8 Å². The van der Waals surface area contributed by atoms with E-state index >= 15 is 0 Å². The van der Waals surface area contributed by atoms with Crippen molar-refractivity contribution in [3.05, 3.63) is 52.0 Å². The highest BCUT2D eigenvalue weighted by atomic mass is 35.5. The average molecular weight is 418 g/mol. The Morgan fingerprint density at radius 2 is 2.07 bits per heavy atom. The van der Waals surface area contributed by atoms with Crippen LogP contribution in [0.15, 0.2) is 36.4 Å². The number of amides is 2. The summed E-state index contributed by atoms with van der Waals surface area (Å²) < 4.78 is 6.93. The van der Waals surface area contributed by atoms with Crippen LogP contribution in [0.2, 0.25) is 4.34 Å². The van der Waals surface area contributed by atoms with Gasteiger partial charge in [-0.15, -0.1) is 11.3 Å². The van der Waals surface area contributed by atoms with Crippen molar-refractivity contribution in [2.75, 3.05) is 18.6 Å². The predicted octanol–water partition coefficient (Wildman–Crippen LogP) is 2.76. The molecule has 3 heterocycles. The molecule has 1 aliphatic rings. The molecule has 1 aromatic carbocycles. The number of nitrogens with two attached hydrogens (primary N) is 1. The zero-order chi connectivity index (χ0) is 20.0. The van der Waals surface area contributed by atoms with E-state index in [0.717, 1.165) is 10.9 Å². The zero-order valence-electron chi connectivity index (χ0n) is 14.8. The molecule has 4 rings (SSSR count). The predicted molar refractivity (Wildman–Crippen MR) is 107 cm³/mol. The number of benzene rings is 1. The van der Waals surface area contributed by atoms with Gasteiger partial charge in [0.2, 0.25) is 0 Å². The minimum atomic E-state index is -0.728. The average Bonchev–Trinajstić information content (AvgIpc) is 3.19. The first-order valence-electron chi connectivity index (χ1n) is 8.47. The zero-order valence-corrected chi connectivity index (χ0v) is 16.4. The third-order valence-corrected chi connectivity index (χ3v) is 6.09. The molecule has 0 spiro atoms. The second-order valence-electron chi connectivity index (χ2n) is 6.42. The molecule has 0 radical (unpaired) electrons. The van der Waals surface area contributed by atoms with Crippen molar-refractivity contribution < 1.29 is 19.1 Å². The van der Waals surface area contributed by atoms with Gasteiger partial charge >= 0.3 is 5.97 Å². The van der Waals surface area contributed by atoms with E-state index < -0.39 is 17.9 Å². The van der Waals surface area contributed by atoms with Crippen LogP contribution < -0.4 is 10.6 Å². The highest BCUT2D eigenvalue weighted by Gasteiger charge is 2.37. The molecular formula is C19H16ClN3O4S. The fraction of sp³-hybridized carbons (Fsp3) is 0.211. The van der Waals surface area contributed by atoms with E-state index in [0.29, 0.717) is 21.3 Å². The summed E-state index contributed by atoms with van der Waals surface area (Å²) >= 11 is 7.41. The number of aromatic nitrogens is 1. The minimum Gasteiger partial charge on any atom is -0.468 e. The molecule has 2 amide bonds. The summed E-state index contributed by atoms with van der Waals surface area (Å²) in [4.78, 5) is 39.4. The van der Waals surface area contributed by atoms with Gasteiger partial charge in [0.15, 0.2) is 0 Å². The van der Waals surface area contributed by atoms with Crippen molar-refractivity contribution in [1.29, 1.82) is 0 Å². The van der Waals surface area contributed by atoms with Crippen LogP contribution in [0.3, 0.4) is 0 Å². The topological polar surface area (TPSA) is 94.6 Å². The number of fused-ring (bicyclic) bond motifs is 2. The number of hydrogen-bond donors (Lipinski definition) is 1. The van der Waals surface area contributed by atoms with Crippen molar-refractivity contribution in [3.8, 4) is 0 Å². The fourth-order valence-corrected chi connectivity index (χ4v) is 4.85. The quantitative estimate of drug-likeness (QED) is 0.660. The minimum absolute atomic E-state index is 0.218. The van der Waals surface area contributed by atoms with Crippen molar-refractivity contribution >= 4 is 56.6 Å². The van der Waals surface area contributed by atoms with E-state index in [2.05, 4.69) is 0 Å². The van der Waals surface area contributed by atoms with Crippen molar-refractivity contribution in [2.45, 2.75) is 12.5 Å². The van der Waals surface area contributed by atoms with E-state index in [9.17, 15) is 14.4 Å². The van der Waals surface area contributed by atoms with E-state index in [-0.39, 0.29) is 18.1 Å². The Labute approximate surface area is 169 Å². The van der Waals surface area contributed by atoms with Crippen LogP contribution >= 0.6 is 22.9 Å². The summed E-state index contributed by atoms with van der Waals surface area (Å²) in [6.45, 7) is -0.218. The Kier molecular flexibility index (Phi) is 4.60. The van der Waals surface area contributed by atoms with Crippen LogP contribution in [-0.4, -0.2) is 36.0 Å². The molecule has 1 aliphatic heterocycles. The van der Waals surface area contributed by atoms with Crippen LogP contribution in [0.25, 0.3) is 10.2 Å². The van der Waals surface area contributed by atoms with Crippen LogP contribution in [0.4, 0.5) is 5.69 Å². The number of carbonyl (C=O) groups excluding carboxylic acids is 3. The lowest BCUT2D eigenvalue weighted by molar-refractivity contribution is -0.140. The standard InChI is InChI=1S/C19H16ClN3O4S/c1-27-16(24)9-22-12-5-3-2-4-10(12)6-14(18(22)26)23-13(17(21)25)7-11-8-15(20)28-19(11)23/h2-5,7-8,14H,6,9H2,1H3,(H2,21,25). The van der Waals surface area contributed by atoms with Crippen LogP contribution in [0.5, 0.6) is 0 Å². The molecular weight excluding hydrogens is 402 g/mol. The summed E-state index contributed by atoms with van der Waals surface area (Å²) in [6.07, 6.45) is 0.367. The lowest BCUT2D eigenvalue weighted by atomic mass is 9.96. The lowest BCUT2D eigenvalue weighted by Crippen LogP contribution is -2.45. The van der Waals surface area contributed by atoms with Gasteiger partial charge in [0, 0.05) is 17.5 Å². The van der Waals surface area contributed by atoms with Crippen LogP contribution in [-0.2, 0) is 20.7 Å². The van der Waals surface area contributed by atoms with Gasteiger partial charge in [0.1, 0.15) is 23.1 Å². The fourth-order valence-electron chi connectivity index (χ4n) is 3.58. The molecule has 2 aromatic heterocycles. The second-order valence-corrected chi connectivity index (χ2v) is 8.09. The van der Waals surface area contributed by atoms with Gasteiger partial charge in [0.25, 0.3) is 11.8 Å². The smallest absolute Gasteiger partial charge is 0.325 e. The number of carbonyl (C=O) groups is 3. The summed E-state index contributed by atoms with van der Waals surface area (Å²) in [5, 5.41) is 0.745. The van der Waals surface area contributed by atoms with E-state index in [1.807, 2.05) is 12.1 Å². The summed E-state index contributed by atoms with van der Waals surface area (Å²) in [5.74, 6) is -1.48. The van der Waals surface area contributed by atoms with Gasteiger partial charge in [-0.2, -0.15) is 0 Å². The van der Waals surface area contributed by atoms with E-state index in [1.165, 1.54) is 23.3 Å². The van der Waals surface area contributed by atoms with Gasteiger partial charge in [-0.25, -0.2) is 0 Å². The molecule has 0 bridgehead atoms. The highest BCUT2D eigenvalue weighted by molar-refractivity contribution is 7.22. The van der Waals surface area contributed by atoms with E-state index in [4.69, 9.17) is 22.1 Å². The number of primary amides is 1. The molecule has 0 saturated heterocycles. The molecule has 1 unspecified atom stereocenters. The van der Waals surface area contributed by atoms with Crippen LogP contribution in [0.1, 0.15) is 22.1 Å². The molecule has 3 aromatic rings. The summed E-state index contributed by atoms with van der Waals surface area (Å²) in [7, 11) is 1.27. The van der Waals surface area contributed by atoms with Crippen molar-refractivity contribution in [2.24, 2.45) is 5.73 Å². The Morgan fingerprint density at radius 3 is 2.79 bits per heavy atom. The molecule has 2 N–H and O–H groups in total. The van der Waals surface area contributed by atoms with Crippen molar-refractivity contribution in [1.82, 2.24) is 4.57 Å². The van der Waals surface area contributed by atoms with Crippen LogP contribution in [0, 0.1) is 0 Å². The molecule has 1 atom stereocenters. The van der Waals surface area contributed by atoms with Gasteiger partial charge < -0.3 is 15.0 Å². The third-order valence-electron chi connectivity index (χ3n) is 4.81. The Balaban J connectivity index is 1.88. The Bertz CT molecular complexity index is 1120. The number of rotatable bonds is 4. The van der Waals surface area contributed by atoms with Gasteiger partial charge in [-0.3, -0.25) is 19.3 Å². The second kappa shape index (κ2) is 6.96. The normalized spacial score (nSPS) is 16.3. The molecule has 9 heteroatoms. The maximum absolute atomic E-state index is 13.4. The molecule has 0 fully saturated rings. The molecule has 7 nitrogen and oxygen atoms in total. The van der Waals surface area contributed by atoms with E-state index in [1.54, 1.807) is 28.8 Å². The van der Waals surface area contributed by atoms with Gasteiger partial charge in [-0.1, -0.05) is 29.8 Å². The number of para-hydroxylation sites is 1. The first kappa shape index (κ1) is 18.5. The Morgan fingerprint density at radius 1 is 1.32 bits per heavy atom. The SMILES string of the molecule is COC(=O)CN1C(=O)C(n2c(C(N)=O)cc3cc(Cl)sc32)Cc2ccccc21. The number of esters is 1. The largest absolute Gasteiger partial charge is 0.468 e. The highest BCUT2D eigenvalue weighted by Crippen LogP contribution is 2.39. The van der Waals surface area contributed by atoms with Gasteiger partial charge in [0.05, 0.1) is 11.4 Å².